The van der Waals surface area contributed by atoms with Crippen LogP contribution in [0.1, 0.15) is 35.0 Å². The van der Waals surface area contributed by atoms with Crippen LogP contribution in [-0.4, -0.2) is 22.0 Å². The molecule has 1 unspecified atom stereocenters. The van der Waals surface area contributed by atoms with Crippen molar-refractivity contribution < 1.29 is 14.2 Å². The van der Waals surface area contributed by atoms with Crippen molar-refractivity contribution in [2.45, 2.75) is 32.8 Å². The lowest BCUT2D eigenvalue weighted by Gasteiger charge is -2.15. The Kier molecular flexibility index (Phi) is 4.63. The van der Waals surface area contributed by atoms with Crippen LogP contribution in [0, 0.1) is 19.7 Å². The molecule has 5 heteroatoms. The van der Waals surface area contributed by atoms with E-state index < -0.39 is 6.10 Å². The van der Waals surface area contributed by atoms with Gasteiger partial charge < -0.3 is 9.84 Å². The largest absolute Gasteiger partial charge is 0.496 e. The Morgan fingerprint density at radius 2 is 2.10 bits per heavy atom. The van der Waals surface area contributed by atoms with Crippen LogP contribution in [0.2, 0.25) is 0 Å². The predicted octanol–water partition coefficient (Wildman–Crippen LogP) is 2.85. The van der Waals surface area contributed by atoms with Crippen molar-refractivity contribution in [3.8, 4) is 5.75 Å². The van der Waals surface area contributed by atoms with Crippen LogP contribution in [0.15, 0.2) is 18.2 Å². The van der Waals surface area contributed by atoms with Crippen molar-refractivity contribution >= 4 is 0 Å². The molecular formula is C16H21FN2O2. The molecule has 2 rings (SSSR count). The number of aliphatic hydroxyl groups is 1. The average Bonchev–Trinajstić information content (AvgIpc) is 2.70. The highest BCUT2D eigenvalue weighted by Gasteiger charge is 2.17. The number of hydrogen-bond donors (Lipinski definition) is 1. The smallest absolute Gasteiger partial charge is 0.124 e. The van der Waals surface area contributed by atoms with Gasteiger partial charge in [-0.2, -0.15) is 5.10 Å². The second-order valence-corrected chi connectivity index (χ2v) is 5.21. The van der Waals surface area contributed by atoms with E-state index in [1.54, 1.807) is 0 Å². The van der Waals surface area contributed by atoms with Gasteiger partial charge in [-0.3, -0.25) is 4.68 Å². The zero-order valence-electron chi connectivity index (χ0n) is 12.9. The third kappa shape index (κ3) is 3.24. The quantitative estimate of drug-likeness (QED) is 0.922. The summed E-state index contributed by atoms with van der Waals surface area (Å²) >= 11 is 0. The number of nitrogens with zero attached hydrogens (tertiary/aromatic N) is 2. The lowest BCUT2D eigenvalue weighted by atomic mass is 9.99. The average molecular weight is 292 g/mol. The van der Waals surface area contributed by atoms with E-state index in [-0.39, 0.29) is 5.82 Å². The number of hydrogen-bond acceptors (Lipinski definition) is 3. The molecule has 0 saturated carbocycles. The summed E-state index contributed by atoms with van der Waals surface area (Å²) in [6, 6.07) is 4.19. The Hall–Kier alpha value is -1.88. The van der Waals surface area contributed by atoms with Crippen LogP contribution in [0.4, 0.5) is 4.39 Å². The Balaban J connectivity index is 2.15. The second-order valence-electron chi connectivity index (χ2n) is 5.21. The van der Waals surface area contributed by atoms with Gasteiger partial charge in [-0.15, -0.1) is 0 Å². The summed E-state index contributed by atoms with van der Waals surface area (Å²) in [4.78, 5) is 0. The van der Waals surface area contributed by atoms with Gasteiger partial charge in [-0.25, -0.2) is 4.39 Å². The number of methoxy groups -OCH3 is 1. The lowest BCUT2D eigenvalue weighted by molar-refractivity contribution is 0.163. The molecule has 0 spiro atoms. The third-order valence-corrected chi connectivity index (χ3v) is 3.88. The van der Waals surface area contributed by atoms with Crippen LogP contribution in [-0.2, 0) is 13.5 Å². The van der Waals surface area contributed by atoms with Gasteiger partial charge in [0, 0.05) is 18.3 Å². The molecule has 0 fully saturated rings. The SMILES string of the molecule is COc1ccc(F)cc1C(O)CCc1c(C)nn(C)c1C. The summed E-state index contributed by atoms with van der Waals surface area (Å²) in [6.07, 6.45) is 0.411. The summed E-state index contributed by atoms with van der Waals surface area (Å²) in [5, 5.41) is 14.7. The Labute approximate surface area is 124 Å². The maximum Gasteiger partial charge on any atom is 0.124 e. The molecule has 1 aromatic carbocycles. The maximum atomic E-state index is 13.4. The number of aromatic nitrogens is 2. The van der Waals surface area contributed by atoms with E-state index in [9.17, 15) is 9.50 Å². The van der Waals surface area contributed by atoms with Gasteiger partial charge in [0.15, 0.2) is 0 Å². The Bertz CT molecular complexity index is 637. The number of rotatable bonds is 5. The monoisotopic (exact) mass is 292 g/mol. The van der Waals surface area contributed by atoms with Gasteiger partial charge >= 0.3 is 0 Å². The van der Waals surface area contributed by atoms with E-state index in [0.717, 1.165) is 17.0 Å². The summed E-state index contributed by atoms with van der Waals surface area (Å²) in [5.41, 5.74) is 3.67. The molecular weight excluding hydrogens is 271 g/mol. The topological polar surface area (TPSA) is 47.3 Å². The zero-order valence-corrected chi connectivity index (χ0v) is 12.9. The molecule has 0 saturated heterocycles. The molecule has 2 aromatic rings. The van der Waals surface area contributed by atoms with Gasteiger partial charge in [-0.1, -0.05) is 0 Å². The minimum absolute atomic E-state index is 0.376. The van der Waals surface area contributed by atoms with E-state index in [2.05, 4.69) is 5.10 Å². The van der Waals surface area contributed by atoms with Crippen molar-refractivity contribution in [1.29, 1.82) is 0 Å². The van der Waals surface area contributed by atoms with Gasteiger partial charge in [0.25, 0.3) is 0 Å². The molecule has 1 atom stereocenters. The van der Waals surface area contributed by atoms with Crippen LogP contribution in [0.3, 0.4) is 0 Å². The number of aryl methyl sites for hydroxylation is 2. The first kappa shape index (κ1) is 15.5. The number of halogens is 1. The van der Waals surface area contributed by atoms with E-state index >= 15 is 0 Å². The van der Waals surface area contributed by atoms with Crippen LogP contribution >= 0.6 is 0 Å². The highest BCUT2D eigenvalue weighted by Crippen LogP contribution is 2.29. The summed E-state index contributed by atoms with van der Waals surface area (Å²) in [7, 11) is 3.41. The van der Waals surface area contributed by atoms with Crippen LogP contribution < -0.4 is 4.74 Å². The van der Waals surface area contributed by atoms with Crippen LogP contribution in [0.25, 0.3) is 0 Å². The highest BCUT2D eigenvalue weighted by molar-refractivity contribution is 5.36. The molecule has 114 valence electrons. The molecule has 21 heavy (non-hydrogen) atoms. The van der Waals surface area contributed by atoms with Crippen molar-refractivity contribution in [3.63, 3.8) is 0 Å². The molecule has 0 aliphatic rings. The Morgan fingerprint density at radius 3 is 2.67 bits per heavy atom. The zero-order chi connectivity index (χ0) is 15.6. The molecule has 0 aliphatic heterocycles. The first-order valence-corrected chi connectivity index (χ1v) is 6.94. The van der Waals surface area contributed by atoms with Crippen LogP contribution in [0.5, 0.6) is 5.75 Å². The highest BCUT2D eigenvalue weighted by atomic mass is 19.1. The molecule has 1 N–H and O–H groups in total. The van der Waals surface area contributed by atoms with Crippen molar-refractivity contribution in [1.82, 2.24) is 9.78 Å². The molecule has 4 nitrogen and oxygen atoms in total. The van der Waals surface area contributed by atoms with Crippen molar-refractivity contribution in [3.05, 3.63) is 46.5 Å². The minimum atomic E-state index is -0.769. The summed E-state index contributed by atoms with van der Waals surface area (Å²) in [5.74, 6) is 0.127. The first-order valence-electron chi connectivity index (χ1n) is 6.94. The molecule has 0 amide bonds. The first-order chi connectivity index (χ1) is 9.93. The normalized spacial score (nSPS) is 12.5. The van der Waals surface area contributed by atoms with Gasteiger partial charge in [0.1, 0.15) is 11.6 Å². The predicted molar refractivity (Wildman–Crippen MR) is 78.9 cm³/mol. The Morgan fingerprint density at radius 1 is 1.38 bits per heavy atom. The van der Waals surface area contributed by atoms with Gasteiger partial charge in [-0.05, 0) is 50.5 Å². The fraction of sp³-hybridized carbons (Fsp3) is 0.438. The minimum Gasteiger partial charge on any atom is -0.496 e. The maximum absolute atomic E-state index is 13.4. The van der Waals surface area contributed by atoms with E-state index in [0.29, 0.717) is 24.2 Å². The molecule has 0 aliphatic carbocycles. The third-order valence-electron chi connectivity index (χ3n) is 3.88. The van der Waals surface area contributed by atoms with E-state index in [1.807, 2.05) is 25.6 Å². The number of aliphatic hydroxyl groups excluding tert-OH is 1. The van der Waals surface area contributed by atoms with Crippen molar-refractivity contribution in [2.75, 3.05) is 7.11 Å². The van der Waals surface area contributed by atoms with Gasteiger partial charge in [0.05, 0.1) is 18.9 Å². The lowest BCUT2D eigenvalue weighted by Crippen LogP contribution is -2.04. The summed E-state index contributed by atoms with van der Waals surface area (Å²) in [6.45, 7) is 3.96. The fourth-order valence-corrected chi connectivity index (χ4v) is 2.58. The number of ether oxygens (including phenoxy) is 1. The number of benzene rings is 1. The van der Waals surface area contributed by atoms with E-state index in [1.165, 1.54) is 25.3 Å². The van der Waals surface area contributed by atoms with E-state index in [4.69, 9.17) is 4.74 Å². The fourth-order valence-electron chi connectivity index (χ4n) is 2.58. The summed E-state index contributed by atoms with van der Waals surface area (Å²) < 4.78 is 20.4. The van der Waals surface area contributed by atoms with Crippen molar-refractivity contribution in [2.24, 2.45) is 7.05 Å². The molecule has 1 heterocycles. The second kappa shape index (κ2) is 6.26. The standard InChI is InChI=1S/C16H21FN2O2/c1-10-13(11(2)19(3)18-10)6-7-15(20)14-9-12(17)5-8-16(14)21-4/h5,8-9,15,20H,6-7H2,1-4H3. The molecule has 0 radical (unpaired) electrons. The molecule has 0 bridgehead atoms. The van der Waals surface area contributed by atoms with Gasteiger partial charge in [0.2, 0.25) is 0 Å². The molecule has 1 aromatic heterocycles.